The second-order valence-electron chi connectivity index (χ2n) is 2.28. The Morgan fingerprint density at radius 2 is 1.93 bits per heavy atom. The van der Waals surface area contributed by atoms with Crippen molar-refractivity contribution in [2.24, 2.45) is 0 Å². The highest BCUT2D eigenvalue weighted by atomic mass is 16.4. The molecule has 0 aromatic heterocycles. The molecule has 2 amide bonds. The Balaban J connectivity index is 4.10. The van der Waals surface area contributed by atoms with Gasteiger partial charge < -0.3 is 10.2 Å². The van der Waals surface area contributed by atoms with Gasteiger partial charge in [0.1, 0.15) is 0 Å². The number of amides is 2. The summed E-state index contributed by atoms with van der Waals surface area (Å²) in [7, 11) is 0. The molecule has 0 aliphatic heterocycles. The van der Waals surface area contributed by atoms with Crippen LogP contribution in [0.5, 0.6) is 0 Å². The van der Waals surface area contributed by atoms with Gasteiger partial charge >= 0.3 is 12.2 Å². The van der Waals surface area contributed by atoms with Crippen molar-refractivity contribution in [2.75, 3.05) is 0 Å². The topological polar surface area (TPSA) is 98.7 Å². The van der Waals surface area contributed by atoms with Gasteiger partial charge in [0, 0.05) is 11.9 Å². The maximum atomic E-state index is 10.2. The molecule has 0 atom stereocenters. The van der Waals surface area contributed by atoms with Crippen LogP contribution in [0.15, 0.2) is 24.0 Å². The van der Waals surface area contributed by atoms with E-state index in [1.165, 1.54) is 18.4 Å². The molecule has 0 radical (unpaired) electrons. The Bertz CT molecular complexity index is 271. The first-order chi connectivity index (χ1) is 6.56. The van der Waals surface area contributed by atoms with Gasteiger partial charge in [-0.15, -0.1) is 0 Å². The summed E-state index contributed by atoms with van der Waals surface area (Å²) in [6.07, 6.45) is 2.29. The van der Waals surface area contributed by atoms with Crippen LogP contribution in [0.3, 0.4) is 0 Å². The largest absolute Gasteiger partial charge is 0.465 e. The minimum Gasteiger partial charge on any atom is -0.465 e. The summed E-state index contributed by atoms with van der Waals surface area (Å²) in [6.45, 7) is 1.78. The lowest BCUT2D eigenvalue weighted by Gasteiger charge is -2.01. The average molecular weight is 200 g/mol. The van der Waals surface area contributed by atoms with Gasteiger partial charge in [-0.2, -0.15) is 0 Å². The molecule has 0 fully saturated rings. The lowest BCUT2D eigenvalue weighted by Crippen LogP contribution is -2.19. The lowest BCUT2D eigenvalue weighted by atomic mass is 10.3. The molecule has 0 saturated carbocycles. The van der Waals surface area contributed by atoms with Crippen LogP contribution in [-0.2, 0) is 0 Å². The fourth-order valence-corrected chi connectivity index (χ4v) is 0.669. The van der Waals surface area contributed by atoms with E-state index in [2.05, 4.69) is 5.32 Å². The number of hydrogen-bond donors (Lipinski definition) is 4. The molecule has 6 heteroatoms. The van der Waals surface area contributed by atoms with Gasteiger partial charge in [0.25, 0.3) is 0 Å². The highest BCUT2D eigenvalue weighted by Crippen LogP contribution is 1.95. The van der Waals surface area contributed by atoms with E-state index < -0.39 is 12.2 Å². The van der Waals surface area contributed by atoms with Crippen LogP contribution in [0.25, 0.3) is 0 Å². The normalized spacial score (nSPS) is 11.4. The molecule has 0 spiro atoms. The number of carboxylic acid groups (broad SMARTS) is 2. The quantitative estimate of drug-likeness (QED) is 0.514. The standard InChI is InChI=1S/C8H12N2O4/c1-2-6(10-8(13)14)4-3-5-9-7(11)12/h3-5,9-10H,2H2,1H3,(H,11,12)(H,13,14). The van der Waals surface area contributed by atoms with Crippen molar-refractivity contribution in [3.63, 3.8) is 0 Å². The van der Waals surface area contributed by atoms with Crippen LogP contribution in [0.2, 0.25) is 0 Å². The SMILES string of the molecule is CCC(=CC=CNC(=O)O)NC(=O)O. The monoisotopic (exact) mass is 200 g/mol. The minimum atomic E-state index is -1.17. The molecule has 0 saturated heterocycles. The summed E-state index contributed by atoms with van der Waals surface area (Å²) in [6, 6.07) is 0. The third-order valence-electron chi connectivity index (χ3n) is 1.25. The van der Waals surface area contributed by atoms with E-state index in [9.17, 15) is 9.59 Å². The van der Waals surface area contributed by atoms with Gasteiger partial charge in [-0.25, -0.2) is 9.59 Å². The van der Waals surface area contributed by atoms with Crippen molar-refractivity contribution in [3.8, 4) is 0 Å². The van der Waals surface area contributed by atoms with Gasteiger partial charge in [0.15, 0.2) is 0 Å². The minimum absolute atomic E-state index is 0.487. The van der Waals surface area contributed by atoms with Crippen LogP contribution in [-0.4, -0.2) is 22.4 Å². The third kappa shape index (κ3) is 6.71. The van der Waals surface area contributed by atoms with Gasteiger partial charge in [-0.1, -0.05) is 6.92 Å². The van der Waals surface area contributed by atoms with E-state index in [1.54, 1.807) is 6.92 Å². The predicted molar refractivity (Wildman–Crippen MR) is 49.8 cm³/mol. The Labute approximate surface area is 80.9 Å². The summed E-state index contributed by atoms with van der Waals surface area (Å²) in [5.41, 5.74) is 0.487. The summed E-state index contributed by atoms with van der Waals surface area (Å²) in [4.78, 5) is 20.2. The molecule has 0 bridgehead atoms. The molecule has 0 rings (SSSR count). The molecule has 4 N–H and O–H groups in total. The van der Waals surface area contributed by atoms with E-state index in [-0.39, 0.29) is 0 Å². The Hall–Kier alpha value is -1.98. The van der Waals surface area contributed by atoms with Crippen LogP contribution in [0.1, 0.15) is 13.3 Å². The molecule has 0 aromatic carbocycles. The van der Waals surface area contributed by atoms with Crippen molar-refractivity contribution >= 4 is 12.2 Å². The maximum absolute atomic E-state index is 10.2. The Kier molecular flexibility index (Phi) is 5.60. The number of rotatable bonds is 4. The van der Waals surface area contributed by atoms with Gasteiger partial charge in [0.2, 0.25) is 0 Å². The van der Waals surface area contributed by atoms with Gasteiger partial charge in [0.05, 0.1) is 0 Å². The van der Waals surface area contributed by atoms with Gasteiger partial charge in [-0.05, 0) is 18.6 Å². The van der Waals surface area contributed by atoms with Crippen LogP contribution in [0.4, 0.5) is 9.59 Å². The van der Waals surface area contributed by atoms with E-state index in [1.807, 2.05) is 5.32 Å². The molecule has 6 nitrogen and oxygen atoms in total. The summed E-state index contributed by atoms with van der Waals surface area (Å²) in [5.74, 6) is 0. The first-order valence-electron chi connectivity index (χ1n) is 3.91. The molecule has 0 heterocycles. The first-order valence-corrected chi connectivity index (χ1v) is 3.91. The molecule has 0 unspecified atom stereocenters. The summed E-state index contributed by atoms with van der Waals surface area (Å²) in [5, 5.41) is 20.7. The predicted octanol–water partition coefficient (Wildman–Crippen LogP) is 1.33. The van der Waals surface area contributed by atoms with E-state index in [4.69, 9.17) is 10.2 Å². The Morgan fingerprint density at radius 3 is 2.36 bits per heavy atom. The molecule has 0 aliphatic rings. The second kappa shape index (κ2) is 6.53. The number of hydrogen-bond acceptors (Lipinski definition) is 2. The molecule has 78 valence electrons. The van der Waals surface area contributed by atoms with E-state index in [0.29, 0.717) is 12.1 Å². The van der Waals surface area contributed by atoms with E-state index >= 15 is 0 Å². The second-order valence-corrected chi connectivity index (χ2v) is 2.28. The zero-order valence-electron chi connectivity index (χ0n) is 7.65. The van der Waals surface area contributed by atoms with Crippen molar-refractivity contribution < 1.29 is 19.8 Å². The fraction of sp³-hybridized carbons (Fsp3) is 0.250. The number of carbonyl (C=O) groups is 2. The first kappa shape index (κ1) is 12.0. The lowest BCUT2D eigenvalue weighted by molar-refractivity contribution is 0.196. The number of nitrogens with one attached hydrogen (secondary N) is 2. The molecule has 0 aromatic rings. The summed E-state index contributed by atoms with van der Waals surface area (Å²) < 4.78 is 0. The third-order valence-corrected chi connectivity index (χ3v) is 1.25. The Morgan fingerprint density at radius 1 is 1.29 bits per heavy atom. The maximum Gasteiger partial charge on any atom is 0.408 e. The van der Waals surface area contributed by atoms with Crippen LogP contribution in [0, 0.1) is 0 Å². The van der Waals surface area contributed by atoms with Crippen LogP contribution < -0.4 is 10.6 Å². The number of allylic oxidation sites excluding steroid dienone is 3. The molecule has 0 aliphatic carbocycles. The summed E-state index contributed by atoms with van der Waals surface area (Å²) >= 11 is 0. The van der Waals surface area contributed by atoms with Crippen molar-refractivity contribution in [1.82, 2.24) is 10.6 Å². The fourth-order valence-electron chi connectivity index (χ4n) is 0.669. The zero-order chi connectivity index (χ0) is 11.0. The van der Waals surface area contributed by atoms with Crippen molar-refractivity contribution in [2.45, 2.75) is 13.3 Å². The van der Waals surface area contributed by atoms with Crippen LogP contribution >= 0.6 is 0 Å². The van der Waals surface area contributed by atoms with Gasteiger partial charge in [-0.3, -0.25) is 10.6 Å². The van der Waals surface area contributed by atoms with E-state index in [0.717, 1.165) is 0 Å². The molecule has 14 heavy (non-hydrogen) atoms. The smallest absolute Gasteiger partial charge is 0.408 e. The highest BCUT2D eigenvalue weighted by Gasteiger charge is 1.96. The van der Waals surface area contributed by atoms with Crippen molar-refractivity contribution in [1.29, 1.82) is 0 Å². The highest BCUT2D eigenvalue weighted by molar-refractivity contribution is 5.67. The van der Waals surface area contributed by atoms with Crippen molar-refractivity contribution in [3.05, 3.63) is 24.0 Å². The molecular formula is C8H12N2O4. The zero-order valence-corrected chi connectivity index (χ0v) is 7.65. The average Bonchev–Trinajstić information content (AvgIpc) is 2.09. The molecular weight excluding hydrogens is 188 g/mol.